The van der Waals surface area contributed by atoms with Gasteiger partial charge >= 0.3 is 0 Å². The summed E-state index contributed by atoms with van der Waals surface area (Å²) in [6.45, 7) is 7.63. The number of nitrogen functional groups attached to an aromatic ring is 1. The van der Waals surface area contributed by atoms with Crippen molar-refractivity contribution in [2.75, 3.05) is 11.1 Å². The maximum Gasteiger partial charge on any atom is 0.273 e. The third-order valence-corrected chi connectivity index (χ3v) is 6.04. The molecule has 2 aromatic heterocycles. The van der Waals surface area contributed by atoms with Crippen molar-refractivity contribution in [3.8, 4) is 0 Å². The third kappa shape index (κ3) is 5.75. The van der Waals surface area contributed by atoms with Crippen LogP contribution < -0.4 is 11.1 Å². The van der Waals surface area contributed by atoms with E-state index in [1.54, 1.807) is 65.5 Å². The highest BCUT2D eigenvalue weighted by Crippen LogP contribution is 2.23. The molecule has 192 valence electrons. The summed E-state index contributed by atoms with van der Waals surface area (Å²) in [7, 11) is 0. The highest BCUT2D eigenvalue weighted by Gasteiger charge is 2.18. The zero-order chi connectivity index (χ0) is 27.4. The van der Waals surface area contributed by atoms with Gasteiger partial charge in [-0.2, -0.15) is 5.10 Å². The van der Waals surface area contributed by atoms with Gasteiger partial charge in [0.25, 0.3) is 5.91 Å². The molecule has 38 heavy (non-hydrogen) atoms. The van der Waals surface area contributed by atoms with Crippen LogP contribution in [0.1, 0.15) is 68.8 Å². The number of anilines is 2. The van der Waals surface area contributed by atoms with Crippen LogP contribution in [0.2, 0.25) is 0 Å². The first kappa shape index (κ1) is 26.2. The number of benzene rings is 2. The average Bonchev–Trinajstić information content (AvgIpc) is 3.31. The first-order chi connectivity index (χ1) is 18.1. The number of nitrogens with one attached hydrogen (secondary N) is 2. The number of pyridine rings is 1. The molecule has 0 fully saturated rings. The average molecular weight is 507 g/mol. The molecule has 0 spiro atoms. The first-order valence-electron chi connectivity index (χ1n) is 12.2. The van der Waals surface area contributed by atoms with Crippen LogP contribution in [0.4, 0.5) is 11.4 Å². The summed E-state index contributed by atoms with van der Waals surface area (Å²) in [6, 6.07) is 17.4. The number of aryl methyl sites for hydroxylation is 2. The second-order valence-corrected chi connectivity index (χ2v) is 9.33. The Labute approximate surface area is 221 Å². The fourth-order valence-corrected chi connectivity index (χ4v) is 4.01. The Morgan fingerprint density at radius 1 is 1.03 bits per heavy atom. The van der Waals surface area contributed by atoms with Crippen molar-refractivity contribution in [2.24, 2.45) is 0 Å². The van der Waals surface area contributed by atoms with Gasteiger partial charge in [0, 0.05) is 40.3 Å². The summed E-state index contributed by atoms with van der Waals surface area (Å²) >= 11 is 0. The van der Waals surface area contributed by atoms with E-state index in [1.165, 1.54) is 0 Å². The summed E-state index contributed by atoms with van der Waals surface area (Å²) in [5, 5.41) is 15.7. The molecule has 8 heteroatoms. The fourth-order valence-electron chi connectivity index (χ4n) is 4.01. The predicted octanol–water partition coefficient (Wildman–Crippen LogP) is 5.62. The highest BCUT2D eigenvalue weighted by atomic mass is 16.2. The third-order valence-electron chi connectivity index (χ3n) is 6.04. The Bertz CT molecular complexity index is 1550. The summed E-state index contributed by atoms with van der Waals surface area (Å²) in [5.74, 6) is -0.532. The van der Waals surface area contributed by atoms with Crippen LogP contribution >= 0.6 is 0 Å². The molecule has 0 saturated carbocycles. The smallest absolute Gasteiger partial charge is 0.273 e. The molecule has 0 atom stereocenters. The normalized spacial score (nSPS) is 11.2. The molecule has 0 bridgehead atoms. The van der Waals surface area contributed by atoms with Gasteiger partial charge in [-0.1, -0.05) is 30.3 Å². The molecule has 2 heterocycles. The molecule has 4 rings (SSSR count). The molecule has 4 N–H and O–H groups in total. The van der Waals surface area contributed by atoms with Crippen molar-refractivity contribution < 1.29 is 9.59 Å². The number of carbonyl (C=O) groups is 2. The molecule has 2 aromatic carbocycles. The van der Waals surface area contributed by atoms with E-state index in [0.29, 0.717) is 33.8 Å². The number of nitrogens with two attached hydrogens (primary N) is 1. The Kier molecular flexibility index (Phi) is 7.62. The van der Waals surface area contributed by atoms with E-state index in [-0.39, 0.29) is 23.4 Å². The Morgan fingerprint density at radius 2 is 1.76 bits per heavy atom. The number of aromatic nitrogens is 3. The summed E-state index contributed by atoms with van der Waals surface area (Å²) in [6.07, 6.45) is 5.04. The number of rotatable bonds is 8. The Morgan fingerprint density at radius 3 is 2.45 bits per heavy atom. The van der Waals surface area contributed by atoms with E-state index < -0.39 is 0 Å². The zero-order valence-electron chi connectivity index (χ0n) is 21.8. The minimum absolute atomic E-state index is 0.0267. The molecule has 0 aliphatic carbocycles. The van der Waals surface area contributed by atoms with Gasteiger partial charge in [-0.25, -0.2) is 0 Å². The molecule has 0 aliphatic rings. The number of carbonyl (C=O) groups excluding carboxylic acids is 2. The van der Waals surface area contributed by atoms with Crippen molar-refractivity contribution in [1.29, 1.82) is 5.41 Å². The van der Waals surface area contributed by atoms with Crippen molar-refractivity contribution in [3.05, 3.63) is 112 Å². The quantitative estimate of drug-likeness (QED) is 0.162. The SMILES string of the molecule is Cc1cc(C(=O)Nc2cc(C(=O)c3ccc(C(=N)/C=C/c4ccccn4)c(N)c3)ccc2C)n(C(C)C)n1. The molecule has 0 radical (unpaired) electrons. The molecule has 0 unspecified atom stereocenters. The van der Waals surface area contributed by atoms with Gasteiger partial charge in [-0.05, 0) is 75.7 Å². The van der Waals surface area contributed by atoms with Gasteiger partial charge < -0.3 is 16.5 Å². The summed E-state index contributed by atoms with van der Waals surface area (Å²) in [5.41, 5.74) is 11.4. The lowest BCUT2D eigenvalue weighted by Crippen LogP contribution is -2.19. The van der Waals surface area contributed by atoms with Crippen molar-refractivity contribution in [3.63, 3.8) is 0 Å². The van der Waals surface area contributed by atoms with E-state index in [1.807, 2.05) is 45.9 Å². The van der Waals surface area contributed by atoms with Gasteiger partial charge in [0.2, 0.25) is 0 Å². The predicted molar refractivity (Wildman–Crippen MR) is 151 cm³/mol. The second kappa shape index (κ2) is 11.0. The Balaban J connectivity index is 1.54. The van der Waals surface area contributed by atoms with Crippen molar-refractivity contribution in [1.82, 2.24) is 14.8 Å². The monoisotopic (exact) mass is 506 g/mol. The van der Waals surface area contributed by atoms with Crippen LogP contribution in [-0.4, -0.2) is 32.2 Å². The maximum absolute atomic E-state index is 13.3. The molecule has 8 nitrogen and oxygen atoms in total. The lowest BCUT2D eigenvalue weighted by atomic mass is 9.97. The minimum atomic E-state index is -0.294. The molecule has 1 amide bonds. The van der Waals surface area contributed by atoms with Gasteiger partial charge in [0.15, 0.2) is 5.78 Å². The van der Waals surface area contributed by atoms with Crippen LogP contribution in [-0.2, 0) is 0 Å². The molecule has 4 aromatic rings. The van der Waals surface area contributed by atoms with Crippen molar-refractivity contribution in [2.45, 2.75) is 33.7 Å². The fraction of sp³-hybridized carbons (Fsp3) is 0.167. The zero-order valence-corrected chi connectivity index (χ0v) is 21.8. The van der Waals surface area contributed by atoms with Crippen LogP contribution in [0.5, 0.6) is 0 Å². The number of hydrogen-bond donors (Lipinski definition) is 3. The van der Waals surface area contributed by atoms with Crippen molar-refractivity contribution >= 4 is 34.9 Å². The standard InChI is InChI=1S/C30H30N6O2/c1-18(2)36-28(15-20(4)35-36)30(38)34-27-17-22(9-8-19(27)3)29(37)21-10-12-24(26(32)16-21)25(31)13-11-23-7-5-6-14-33-23/h5-18,31H,32H2,1-4H3,(H,34,38)/b13-11+,31-25?. The van der Waals surface area contributed by atoms with Gasteiger partial charge in [0.1, 0.15) is 5.69 Å². The number of ketones is 1. The first-order valence-corrected chi connectivity index (χ1v) is 12.2. The van der Waals surface area contributed by atoms with Gasteiger partial charge in [-0.3, -0.25) is 19.3 Å². The van der Waals surface area contributed by atoms with E-state index in [9.17, 15) is 9.59 Å². The largest absolute Gasteiger partial charge is 0.398 e. The number of nitrogens with zero attached hydrogens (tertiary/aromatic N) is 3. The van der Waals surface area contributed by atoms with E-state index in [0.717, 1.165) is 17.0 Å². The summed E-state index contributed by atoms with van der Waals surface area (Å²) in [4.78, 5) is 30.6. The van der Waals surface area contributed by atoms with Crippen LogP contribution in [0.3, 0.4) is 0 Å². The van der Waals surface area contributed by atoms with Gasteiger partial charge in [-0.15, -0.1) is 0 Å². The molecular formula is C30H30N6O2. The Hall–Kier alpha value is -4.85. The maximum atomic E-state index is 13.3. The topological polar surface area (TPSA) is 127 Å². The van der Waals surface area contributed by atoms with Crippen LogP contribution in [0.15, 0.2) is 72.9 Å². The van der Waals surface area contributed by atoms with Crippen LogP contribution in [0, 0.1) is 19.3 Å². The van der Waals surface area contributed by atoms with Crippen LogP contribution in [0.25, 0.3) is 6.08 Å². The minimum Gasteiger partial charge on any atom is -0.398 e. The van der Waals surface area contributed by atoms with E-state index in [4.69, 9.17) is 11.1 Å². The number of allylic oxidation sites excluding steroid dienone is 1. The highest BCUT2D eigenvalue weighted by molar-refractivity contribution is 6.14. The van der Waals surface area contributed by atoms with E-state index >= 15 is 0 Å². The lowest BCUT2D eigenvalue weighted by molar-refractivity contribution is 0.101. The molecular weight excluding hydrogens is 476 g/mol. The summed E-state index contributed by atoms with van der Waals surface area (Å²) < 4.78 is 1.68. The number of amides is 1. The van der Waals surface area contributed by atoms with E-state index in [2.05, 4.69) is 15.4 Å². The molecule has 0 saturated heterocycles. The lowest BCUT2D eigenvalue weighted by Gasteiger charge is -2.13. The molecule has 0 aliphatic heterocycles. The van der Waals surface area contributed by atoms with Gasteiger partial charge in [0.05, 0.1) is 17.1 Å². The number of hydrogen-bond acceptors (Lipinski definition) is 6. The second-order valence-electron chi connectivity index (χ2n) is 9.33.